The molecule has 0 amide bonds. The maximum Gasteiger partial charge on any atom is 0.0163 e. The summed E-state index contributed by atoms with van der Waals surface area (Å²) in [7, 11) is 0. The lowest BCUT2D eigenvalue weighted by Gasteiger charge is -2.24. The van der Waals surface area contributed by atoms with Crippen LogP contribution in [0.2, 0.25) is 0 Å². The van der Waals surface area contributed by atoms with Crippen LogP contribution in [0, 0.1) is 13.8 Å². The standard InChI is InChI=1S/C13H21NS/c1-10-5-6-11(2)12(9-10)15-13(3,4)7-8-14/h5-6,9H,7-8,14H2,1-4H3. The van der Waals surface area contributed by atoms with E-state index in [1.54, 1.807) is 0 Å². The number of aryl methyl sites for hydroxylation is 2. The largest absolute Gasteiger partial charge is 0.330 e. The van der Waals surface area contributed by atoms with Crippen molar-refractivity contribution in [1.29, 1.82) is 0 Å². The van der Waals surface area contributed by atoms with Crippen LogP contribution in [-0.4, -0.2) is 11.3 Å². The van der Waals surface area contributed by atoms with Crippen molar-refractivity contribution in [3.8, 4) is 0 Å². The second kappa shape index (κ2) is 5.04. The fourth-order valence-electron chi connectivity index (χ4n) is 1.51. The van der Waals surface area contributed by atoms with Crippen LogP contribution in [0.5, 0.6) is 0 Å². The number of nitrogens with two attached hydrogens (primary N) is 1. The maximum atomic E-state index is 5.62. The van der Waals surface area contributed by atoms with Gasteiger partial charge in [-0.2, -0.15) is 0 Å². The second-order valence-electron chi connectivity index (χ2n) is 4.67. The van der Waals surface area contributed by atoms with Crippen molar-refractivity contribution >= 4 is 11.8 Å². The molecule has 0 aliphatic heterocycles. The van der Waals surface area contributed by atoms with E-state index in [0.717, 1.165) is 13.0 Å². The van der Waals surface area contributed by atoms with Crippen LogP contribution < -0.4 is 5.73 Å². The van der Waals surface area contributed by atoms with Gasteiger partial charge in [-0.25, -0.2) is 0 Å². The molecular formula is C13H21NS. The normalized spacial score (nSPS) is 11.8. The minimum atomic E-state index is 0.229. The molecule has 1 nitrogen and oxygen atoms in total. The van der Waals surface area contributed by atoms with Crippen molar-refractivity contribution in [3.63, 3.8) is 0 Å². The van der Waals surface area contributed by atoms with Crippen molar-refractivity contribution in [1.82, 2.24) is 0 Å². The van der Waals surface area contributed by atoms with Gasteiger partial charge >= 0.3 is 0 Å². The molecule has 0 aliphatic carbocycles. The predicted octanol–water partition coefficient (Wildman–Crippen LogP) is 3.52. The van der Waals surface area contributed by atoms with Gasteiger partial charge in [0.2, 0.25) is 0 Å². The first-order valence-corrected chi connectivity index (χ1v) is 6.22. The molecule has 0 saturated heterocycles. The first kappa shape index (κ1) is 12.6. The molecule has 1 rings (SSSR count). The lowest BCUT2D eigenvalue weighted by molar-refractivity contribution is 0.649. The van der Waals surface area contributed by atoms with Crippen molar-refractivity contribution in [2.45, 2.75) is 43.8 Å². The summed E-state index contributed by atoms with van der Waals surface area (Å²) in [6, 6.07) is 6.61. The van der Waals surface area contributed by atoms with E-state index in [-0.39, 0.29) is 4.75 Å². The first-order chi connectivity index (χ1) is 6.94. The van der Waals surface area contributed by atoms with E-state index >= 15 is 0 Å². The summed E-state index contributed by atoms with van der Waals surface area (Å²) in [5, 5.41) is 0. The van der Waals surface area contributed by atoms with Crippen LogP contribution in [-0.2, 0) is 0 Å². The molecule has 2 heteroatoms. The maximum absolute atomic E-state index is 5.62. The minimum absolute atomic E-state index is 0.229. The minimum Gasteiger partial charge on any atom is -0.330 e. The third-order valence-electron chi connectivity index (χ3n) is 2.48. The smallest absolute Gasteiger partial charge is 0.0163 e. The van der Waals surface area contributed by atoms with Gasteiger partial charge in [-0.3, -0.25) is 0 Å². The molecule has 0 aromatic heterocycles. The summed E-state index contributed by atoms with van der Waals surface area (Å²) in [4.78, 5) is 1.38. The average molecular weight is 223 g/mol. The Labute approximate surface area is 97.4 Å². The molecule has 0 saturated carbocycles. The van der Waals surface area contributed by atoms with E-state index < -0.39 is 0 Å². The molecule has 15 heavy (non-hydrogen) atoms. The summed E-state index contributed by atoms with van der Waals surface area (Å²) in [6.45, 7) is 9.57. The Bertz CT molecular complexity index is 331. The summed E-state index contributed by atoms with van der Waals surface area (Å²) < 4.78 is 0.229. The van der Waals surface area contributed by atoms with E-state index in [1.165, 1.54) is 16.0 Å². The van der Waals surface area contributed by atoms with Crippen molar-refractivity contribution < 1.29 is 0 Å². The summed E-state index contributed by atoms with van der Waals surface area (Å²) >= 11 is 1.93. The molecule has 0 radical (unpaired) electrons. The topological polar surface area (TPSA) is 26.0 Å². The molecule has 1 aromatic carbocycles. The van der Waals surface area contributed by atoms with Gasteiger partial charge < -0.3 is 5.73 Å². The number of hydrogen-bond donors (Lipinski definition) is 1. The highest BCUT2D eigenvalue weighted by Crippen LogP contribution is 2.36. The van der Waals surface area contributed by atoms with Crippen LogP contribution in [0.15, 0.2) is 23.1 Å². The van der Waals surface area contributed by atoms with Crippen molar-refractivity contribution in [3.05, 3.63) is 29.3 Å². The third kappa shape index (κ3) is 3.88. The quantitative estimate of drug-likeness (QED) is 0.790. The Kier molecular flexibility index (Phi) is 4.23. The highest BCUT2D eigenvalue weighted by molar-refractivity contribution is 8.00. The zero-order chi connectivity index (χ0) is 11.5. The Hall–Kier alpha value is -0.470. The fourth-order valence-corrected chi connectivity index (χ4v) is 2.80. The Balaban J connectivity index is 2.83. The number of thioether (sulfide) groups is 1. The SMILES string of the molecule is Cc1ccc(C)c(SC(C)(C)CCN)c1. The zero-order valence-electron chi connectivity index (χ0n) is 10.1. The van der Waals surface area contributed by atoms with E-state index in [9.17, 15) is 0 Å². The number of rotatable bonds is 4. The molecule has 0 heterocycles. The van der Waals surface area contributed by atoms with E-state index in [4.69, 9.17) is 5.73 Å². The molecule has 2 N–H and O–H groups in total. The number of hydrogen-bond acceptors (Lipinski definition) is 2. The Morgan fingerprint density at radius 2 is 1.93 bits per heavy atom. The van der Waals surface area contributed by atoms with Crippen LogP contribution in [0.3, 0.4) is 0 Å². The van der Waals surface area contributed by atoms with Gasteiger partial charge in [0.1, 0.15) is 0 Å². The molecule has 0 atom stereocenters. The van der Waals surface area contributed by atoms with Crippen LogP contribution >= 0.6 is 11.8 Å². The van der Waals surface area contributed by atoms with Gasteiger partial charge in [0, 0.05) is 9.64 Å². The predicted molar refractivity (Wildman–Crippen MR) is 69.5 cm³/mol. The highest BCUT2D eigenvalue weighted by Gasteiger charge is 2.19. The molecule has 0 spiro atoms. The molecule has 0 fully saturated rings. The van der Waals surface area contributed by atoms with Gasteiger partial charge in [0.15, 0.2) is 0 Å². The van der Waals surface area contributed by atoms with Crippen molar-refractivity contribution in [2.75, 3.05) is 6.54 Å². The van der Waals surface area contributed by atoms with Crippen LogP contribution in [0.25, 0.3) is 0 Å². The summed E-state index contributed by atoms with van der Waals surface area (Å²) in [5.74, 6) is 0. The zero-order valence-corrected chi connectivity index (χ0v) is 10.9. The molecule has 0 unspecified atom stereocenters. The van der Waals surface area contributed by atoms with Gasteiger partial charge in [-0.15, -0.1) is 11.8 Å². The van der Waals surface area contributed by atoms with Crippen LogP contribution in [0.1, 0.15) is 31.4 Å². The average Bonchev–Trinajstić information content (AvgIpc) is 2.10. The number of benzene rings is 1. The summed E-state index contributed by atoms with van der Waals surface area (Å²) in [5.41, 5.74) is 8.31. The molecule has 84 valence electrons. The highest BCUT2D eigenvalue weighted by atomic mass is 32.2. The molecular weight excluding hydrogens is 202 g/mol. The second-order valence-corrected chi connectivity index (χ2v) is 6.42. The summed E-state index contributed by atoms with van der Waals surface area (Å²) in [6.07, 6.45) is 1.05. The lowest BCUT2D eigenvalue weighted by Crippen LogP contribution is -2.19. The van der Waals surface area contributed by atoms with Gasteiger partial charge in [-0.05, 0) is 38.4 Å². The van der Waals surface area contributed by atoms with Gasteiger partial charge in [0.25, 0.3) is 0 Å². The van der Waals surface area contributed by atoms with Gasteiger partial charge in [0.05, 0.1) is 0 Å². The Morgan fingerprint density at radius 1 is 1.27 bits per heavy atom. The molecule has 0 bridgehead atoms. The van der Waals surface area contributed by atoms with E-state index in [0.29, 0.717) is 0 Å². The lowest BCUT2D eigenvalue weighted by atomic mass is 10.1. The fraction of sp³-hybridized carbons (Fsp3) is 0.538. The Morgan fingerprint density at radius 3 is 2.53 bits per heavy atom. The molecule has 1 aromatic rings. The van der Waals surface area contributed by atoms with Crippen LogP contribution in [0.4, 0.5) is 0 Å². The monoisotopic (exact) mass is 223 g/mol. The van der Waals surface area contributed by atoms with Crippen molar-refractivity contribution in [2.24, 2.45) is 5.73 Å². The third-order valence-corrected chi connectivity index (χ3v) is 3.89. The van der Waals surface area contributed by atoms with E-state index in [2.05, 4.69) is 45.9 Å². The van der Waals surface area contributed by atoms with Gasteiger partial charge in [-0.1, -0.05) is 31.5 Å². The molecule has 0 aliphatic rings. The first-order valence-electron chi connectivity index (χ1n) is 5.41. The van der Waals surface area contributed by atoms with E-state index in [1.807, 2.05) is 11.8 Å².